The predicted octanol–water partition coefficient (Wildman–Crippen LogP) is 5.44. The Morgan fingerprint density at radius 3 is 2.14 bits per heavy atom. The van der Waals surface area contributed by atoms with Crippen LogP contribution in [0.5, 0.6) is 17.2 Å². The second-order valence-corrected chi connectivity index (χ2v) is 8.04. The lowest BCUT2D eigenvalue weighted by atomic mass is 10.1. The normalized spacial score (nSPS) is 11.2. The van der Waals surface area contributed by atoms with Gasteiger partial charge in [-0.15, -0.1) is 0 Å². The summed E-state index contributed by atoms with van der Waals surface area (Å²) in [4.78, 5) is 0.151. The Kier molecular flexibility index (Phi) is 5.10. The number of sulfonamides is 1. The number of anilines is 1. The van der Waals surface area contributed by atoms with Crippen LogP contribution in [0, 0.1) is 0 Å². The average molecular weight is 405 g/mol. The molecule has 0 saturated heterocycles. The first-order valence-electron chi connectivity index (χ1n) is 8.98. The summed E-state index contributed by atoms with van der Waals surface area (Å²) in [5, 5.41) is 1.81. The summed E-state index contributed by atoms with van der Waals surface area (Å²) in [6, 6.07) is 26.7. The van der Waals surface area contributed by atoms with E-state index >= 15 is 0 Å². The van der Waals surface area contributed by atoms with Gasteiger partial charge in [-0.2, -0.15) is 0 Å². The second-order valence-electron chi connectivity index (χ2n) is 6.36. The number of fused-ring (bicyclic) bond motifs is 1. The van der Waals surface area contributed by atoms with Gasteiger partial charge in [-0.3, -0.25) is 4.72 Å². The summed E-state index contributed by atoms with van der Waals surface area (Å²) in [5.74, 6) is 1.67. The van der Waals surface area contributed by atoms with Crippen molar-refractivity contribution in [2.75, 3.05) is 11.8 Å². The van der Waals surface area contributed by atoms with Gasteiger partial charge in [-0.05, 0) is 47.9 Å². The van der Waals surface area contributed by atoms with Crippen LogP contribution in [0.25, 0.3) is 10.8 Å². The Labute approximate surface area is 169 Å². The van der Waals surface area contributed by atoms with E-state index < -0.39 is 10.0 Å². The van der Waals surface area contributed by atoms with Crippen LogP contribution in [0.4, 0.5) is 5.69 Å². The Morgan fingerprint density at radius 2 is 1.38 bits per heavy atom. The highest BCUT2D eigenvalue weighted by atomic mass is 32.2. The molecule has 0 aromatic heterocycles. The summed E-state index contributed by atoms with van der Waals surface area (Å²) in [6.07, 6.45) is 0. The fourth-order valence-electron chi connectivity index (χ4n) is 3.04. The minimum absolute atomic E-state index is 0.151. The van der Waals surface area contributed by atoms with E-state index in [1.54, 1.807) is 37.4 Å². The molecule has 4 aromatic rings. The fourth-order valence-corrected chi connectivity index (χ4v) is 4.11. The van der Waals surface area contributed by atoms with Crippen molar-refractivity contribution in [1.29, 1.82) is 0 Å². The van der Waals surface area contributed by atoms with E-state index in [1.807, 2.05) is 48.5 Å². The lowest BCUT2D eigenvalue weighted by molar-refractivity contribution is 0.379. The molecular formula is C23H19NO4S. The van der Waals surface area contributed by atoms with Crippen molar-refractivity contribution in [3.05, 3.63) is 91.0 Å². The van der Waals surface area contributed by atoms with Gasteiger partial charge in [0.15, 0.2) is 11.5 Å². The lowest BCUT2D eigenvalue weighted by Crippen LogP contribution is -2.13. The molecule has 0 amide bonds. The maximum atomic E-state index is 12.8. The van der Waals surface area contributed by atoms with Crippen LogP contribution in [-0.4, -0.2) is 15.5 Å². The van der Waals surface area contributed by atoms with E-state index in [0.29, 0.717) is 22.9 Å². The monoisotopic (exact) mass is 405 g/mol. The first-order valence-corrected chi connectivity index (χ1v) is 10.5. The molecule has 6 heteroatoms. The van der Waals surface area contributed by atoms with E-state index in [4.69, 9.17) is 9.47 Å². The standard InChI is InChI=1S/C23H19NO4S/c1-27-22-11-4-5-12-23(22)28-18-13-15-19(16-14-18)29(25,26)24-21-10-6-8-17-7-2-3-9-20(17)21/h2-16,24H,1H3. The number of para-hydroxylation sites is 2. The molecule has 0 aliphatic rings. The van der Waals surface area contributed by atoms with Gasteiger partial charge in [0.05, 0.1) is 17.7 Å². The Morgan fingerprint density at radius 1 is 0.724 bits per heavy atom. The molecule has 0 unspecified atom stereocenters. The van der Waals surface area contributed by atoms with Crippen LogP contribution >= 0.6 is 0 Å². The van der Waals surface area contributed by atoms with Crippen molar-refractivity contribution in [2.45, 2.75) is 4.90 Å². The van der Waals surface area contributed by atoms with Crippen LogP contribution in [0.3, 0.4) is 0 Å². The zero-order valence-corrected chi connectivity index (χ0v) is 16.5. The quantitative estimate of drug-likeness (QED) is 0.464. The first kappa shape index (κ1) is 18.8. The number of nitrogens with one attached hydrogen (secondary N) is 1. The number of methoxy groups -OCH3 is 1. The van der Waals surface area contributed by atoms with E-state index in [0.717, 1.165) is 10.8 Å². The summed E-state index contributed by atoms with van der Waals surface area (Å²) < 4.78 is 39.4. The molecule has 0 heterocycles. The van der Waals surface area contributed by atoms with Gasteiger partial charge in [0.25, 0.3) is 10.0 Å². The fraction of sp³-hybridized carbons (Fsp3) is 0.0435. The van der Waals surface area contributed by atoms with Gasteiger partial charge in [0.1, 0.15) is 5.75 Å². The van der Waals surface area contributed by atoms with Gasteiger partial charge >= 0.3 is 0 Å². The summed E-state index contributed by atoms with van der Waals surface area (Å²) >= 11 is 0. The maximum absolute atomic E-state index is 12.8. The highest BCUT2D eigenvalue weighted by Crippen LogP contribution is 2.32. The topological polar surface area (TPSA) is 64.6 Å². The smallest absolute Gasteiger partial charge is 0.261 e. The van der Waals surface area contributed by atoms with E-state index in [1.165, 1.54) is 12.1 Å². The zero-order chi connectivity index (χ0) is 20.3. The van der Waals surface area contributed by atoms with Crippen molar-refractivity contribution in [2.24, 2.45) is 0 Å². The largest absolute Gasteiger partial charge is 0.493 e. The second kappa shape index (κ2) is 7.85. The van der Waals surface area contributed by atoms with Gasteiger partial charge in [0.2, 0.25) is 0 Å². The van der Waals surface area contributed by atoms with E-state index in [2.05, 4.69) is 4.72 Å². The zero-order valence-electron chi connectivity index (χ0n) is 15.7. The summed E-state index contributed by atoms with van der Waals surface area (Å²) in [7, 11) is -2.17. The SMILES string of the molecule is COc1ccccc1Oc1ccc(S(=O)(=O)Nc2cccc3ccccc23)cc1. The molecule has 0 aliphatic carbocycles. The number of rotatable bonds is 6. The van der Waals surface area contributed by atoms with Gasteiger partial charge < -0.3 is 9.47 Å². The number of hydrogen-bond acceptors (Lipinski definition) is 4. The molecular weight excluding hydrogens is 386 g/mol. The van der Waals surface area contributed by atoms with E-state index in [9.17, 15) is 8.42 Å². The molecule has 0 spiro atoms. The highest BCUT2D eigenvalue weighted by molar-refractivity contribution is 7.92. The lowest BCUT2D eigenvalue weighted by Gasteiger charge is -2.12. The third kappa shape index (κ3) is 4.02. The Bertz CT molecular complexity index is 1250. The predicted molar refractivity (Wildman–Crippen MR) is 114 cm³/mol. The minimum atomic E-state index is -3.74. The van der Waals surface area contributed by atoms with E-state index in [-0.39, 0.29) is 4.90 Å². The third-order valence-electron chi connectivity index (χ3n) is 4.46. The molecule has 4 aromatic carbocycles. The molecule has 0 fully saturated rings. The number of ether oxygens (including phenoxy) is 2. The van der Waals surface area contributed by atoms with Crippen molar-refractivity contribution in [3.8, 4) is 17.2 Å². The van der Waals surface area contributed by atoms with Crippen LogP contribution in [0.1, 0.15) is 0 Å². The van der Waals surface area contributed by atoms with Crippen LogP contribution in [0.15, 0.2) is 95.9 Å². The third-order valence-corrected chi connectivity index (χ3v) is 5.85. The average Bonchev–Trinajstić information content (AvgIpc) is 2.75. The molecule has 0 atom stereocenters. The van der Waals surface area contributed by atoms with Gasteiger partial charge in [-0.25, -0.2) is 8.42 Å². The highest BCUT2D eigenvalue weighted by Gasteiger charge is 2.16. The van der Waals surface area contributed by atoms with Crippen LogP contribution in [0.2, 0.25) is 0 Å². The van der Waals surface area contributed by atoms with Crippen LogP contribution in [-0.2, 0) is 10.0 Å². The number of benzene rings is 4. The molecule has 0 saturated carbocycles. The molecule has 0 bridgehead atoms. The molecule has 0 radical (unpaired) electrons. The summed E-state index contributed by atoms with van der Waals surface area (Å²) in [5.41, 5.74) is 0.539. The molecule has 5 nitrogen and oxygen atoms in total. The molecule has 0 aliphatic heterocycles. The maximum Gasteiger partial charge on any atom is 0.261 e. The molecule has 29 heavy (non-hydrogen) atoms. The molecule has 1 N–H and O–H groups in total. The van der Waals surface area contributed by atoms with Crippen molar-refractivity contribution in [3.63, 3.8) is 0 Å². The Hall–Kier alpha value is -3.51. The van der Waals surface area contributed by atoms with Crippen molar-refractivity contribution < 1.29 is 17.9 Å². The van der Waals surface area contributed by atoms with Crippen molar-refractivity contribution >= 4 is 26.5 Å². The molecule has 146 valence electrons. The minimum Gasteiger partial charge on any atom is -0.493 e. The summed E-state index contributed by atoms with van der Waals surface area (Å²) in [6.45, 7) is 0. The van der Waals surface area contributed by atoms with Gasteiger partial charge in [-0.1, -0.05) is 48.5 Å². The Balaban J connectivity index is 1.58. The van der Waals surface area contributed by atoms with Crippen LogP contribution < -0.4 is 14.2 Å². The number of hydrogen-bond donors (Lipinski definition) is 1. The van der Waals surface area contributed by atoms with Gasteiger partial charge in [0, 0.05) is 5.39 Å². The first-order chi connectivity index (χ1) is 14.1. The van der Waals surface area contributed by atoms with Crippen molar-refractivity contribution in [1.82, 2.24) is 0 Å². The molecule has 4 rings (SSSR count).